The first-order valence-electron chi connectivity index (χ1n) is 7.92. The van der Waals surface area contributed by atoms with Crippen LogP contribution in [0.25, 0.3) is 0 Å². The van der Waals surface area contributed by atoms with Gasteiger partial charge in [0, 0.05) is 0 Å². The fourth-order valence-corrected chi connectivity index (χ4v) is 1.87. The van der Waals surface area contributed by atoms with Crippen molar-refractivity contribution >= 4 is 0 Å². The van der Waals surface area contributed by atoms with Gasteiger partial charge in [0.15, 0.2) is 0 Å². The summed E-state index contributed by atoms with van der Waals surface area (Å²) in [7, 11) is 0. The van der Waals surface area contributed by atoms with Crippen LogP contribution in [0.4, 0.5) is 0 Å². The standard InChI is InChI=1S/C17H28O5/c1-2-3-16-4-6-17(7-5-16)22-15-14-21-13-12-20-11-10-19-9-8-18/h4-7,18H,2-3,8-15H2,1H3. The Bertz CT molecular complexity index is 353. The van der Waals surface area contributed by atoms with E-state index in [0.717, 1.165) is 18.6 Å². The second-order valence-electron chi connectivity index (χ2n) is 4.80. The molecule has 0 bridgehead atoms. The second kappa shape index (κ2) is 13.5. The lowest BCUT2D eigenvalue weighted by molar-refractivity contribution is 0.00361. The normalized spacial score (nSPS) is 10.8. The molecular formula is C17H28O5. The topological polar surface area (TPSA) is 57.2 Å². The highest BCUT2D eigenvalue weighted by molar-refractivity contribution is 5.27. The average molecular weight is 312 g/mol. The van der Waals surface area contributed by atoms with E-state index in [1.54, 1.807) is 0 Å². The first-order chi connectivity index (χ1) is 10.9. The van der Waals surface area contributed by atoms with Crippen molar-refractivity contribution < 1.29 is 24.1 Å². The second-order valence-corrected chi connectivity index (χ2v) is 4.80. The molecule has 0 radical (unpaired) electrons. The number of hydrogen-bond donors (Lipinski definition) is 1. The fourth-order valence-electron chi connectivity index (χ4n) is 1.87. The largest absolute Gasteiger partial charge is 0.491 e. The molecule has 126 valence electrons. The number of benzene rings is 1. The van der Waals surface area contributed by atoms with Crippen molar-refractivity contribution in [1.29, 1.82) is 0 Å². The zero-order valence-electron chi connectivity index (χ0n) is 13.5. The van der Waals surface area contributed by atoms with Gasteiger partial charge >= 0.3 is 0 Å². The summed E-state index contributed by atoms with van der Waals surface area (Å²) in [4.78, 5) is 0. The maximum atomic E-state index is 8.51. The lowest BCUT2D eigenvalue weighted by atomic mass is 10.1. The minimum atomic E-state index is 0.0461. The van der Waals surface area contributed by atoms with Gasteiger partial charge in [0.05, 0.1) is 46.2 Å². The van der Waals surface area contributed by atoms with Crippen molar-refractivity contribution in [2.45, 2.75) is 19.8 Å². The number of ether oxygens (including phenoxy) is 4. The van der Waals surface area contributed by atoms with Crippen LogP contribution in [0, 0.1) is 0 Å². The SMILES string of the molecule is CCCc1ccc(OCCOCCOCCOCCO)cc1. The zero-order valence-corrected chi connectivity index (χ0v) is 13.5. The molecule has 1 aromatic rings. The van der Waals surface area contributed by atoms with Gasteiger partial charge in [0.1, 0.15) is 12.4 Å². The Morgan fingerprint density at radius 1 is 0.773 bits per heavy atom. The molecule has 0 aromatic heterocycles. The Morgan fingerprint density at radius 2 is 1.32 bits per heavy atom. The molecule has 0 unspecified atom stereocenters. The van der Waals surface area contributed by atoms with Crippen LogP contribution in [0.15, 0.2) is 24.3 Å². The number of hydrogen-bond acceptors (Lipinski definition) is 5. The van der Waals surface area contributed by atoms with E-state index in [4.69, 9.17) is 24.1 Å². The summed E-state index contributed by atoms with van der Waals surface area (Å²) in [5.41, 5.74) is 1.34. The van der Waals surface area contributed by atoms with E-state index in [1.165, 1.54) is 5.56 Å². The highest BCUT2D eigenvalue weighted by Gasteiger charge is 1.96. The van der Waals surface area contributed by atoms with Crippen molar-refractivity contribution in [3.8, 4) is 5.75 Å². The smallest absolute Gasteiger partial charge is 0.119 e. The van der Waals surface area contributed by atoms with Crippen molar-refractivity contribution in [3.63, 3.8) is 0 Å². The molecule has 1 aromatic carbocycles. The Balaban J connectivity index is 1.90. The van der Waals surface area contributed by atoms with Gasteiger partial charge in [-0.05, 0) is 24.1 Å². The van der Waals surface area contributed by atoms with E-state index in [0.29, 0.717) is 46.2 Å². The number of rotatable bonds is 14. The van der Waals surface area contributed by atoms with Crippen molar-refractivity contribution in [2.24, 2.45) is 0 Å². The predicted molar refractivity (Wildman–Crippen MR) is 85.5 cm³/mol. The molecule has 0 aliphatic rings. The van der Waals surface area contributed by atoms with Gasteiger partial charge in [-0.25, -0.2) is 0 Å². The van der Waals surface area contributed by atoms with E-state index >= 15 is 0 Å². The van der Waals surface area contributed by atoms with Gasteiger partial charge in [-0.3, -0.25) is 0 Å². The van der Waals surface area contributed by atoms with Crippen LogP contribution in [-0.2, 0) is 20.6 Å². The molecule has 0 aliphatic carbocycles. The molecule has 0 heterocycles. The molecule has 0 aliphatic heterocycles. The molecule has 0 atom stereocenters. The molecule has 0 amide bonds. The van der Waals surface area contributed by atoms with Gasteiger partial charge in [0.25, 0.3) is 0 Å². The Kier molecular flexibility index (Phi) is 11.6. The third kappa shape index (κ3) is 9.73. The number of aliphatic hydroxyl groups is 1. The highest BCUT2D eigenvalue weighted by Crippen LogP contribution is 2.13. The van der Waals surface area contributed by atoms with Crippen LogP contribution >= 0.6 is 0 Å². The fraction of sp³-hybridized carbons (Fsp3) is 0.647. The quantitative estimate of drug-likeness (QED) is 0.533. The Hall–Kier alpha value is -1.14. The van der Waals surface area contributed by atoms with E-state index in [9.17, 15) is 0 Å². The lowest BCUT2D eigenvalue weighted by Crippen LogP contribution is -2.13. The third-order valence-corrected chi connectivity index (χ3v) is 2.94. The summed E-state index contributed by atoms with van der Waals surface area (Å²) in [6, 6.07) is 8.21. The van der Waals surface area contributed by atoms with E-state index < -0.39 is 0 Å². The molecule has 0 saturated heterocycles. The van der Waals surface area contributed by atoms with Crippen LogP contribution in [0.1, 0.15) is 18.9 Å². The van der Waals surface area contributed by atoms with Gasteiger partial charge in [-0.2, -0.15) is 0 Å². The van der Waals surface area contributed by atoms with Crippen LogP contribution in [0.3, 0.4) is 0 Å². The minimum Gasteiger partial charge on any atom is -0.491 e. The van der Waals surface area contributed by atoms with Crippen molar-refractivity contribution in [1.82, 2.24) is 0 Å². The molecule has 1 N–H and O–H groups in total. The maximum absolute atomic E-state index is 8.51. The summed E-state index contributed by atoms with van der Waals surface area (Å²) in [5.74, 6) is 0.876. The van der Waals surface area contributed by atoms with Crippen LogP contribution in [-0.4, -0.2) is 58.0 Å². The van der Waals surface area contributed by atoms with Gasteiger partial charge in [-0.1, -0.05) is 25.5 Å². The Labute approximate surface area is 133 Å². The summed E-state index contributed by atoms with van der Waals surface area (Å²) in [6.07, 6.45) is 2.26. The van der Waals surface area contributed by atoms with E-state index in [2.05, 4.69) is 19.1 Å². The van der Waals surface area contributed by atoms with Gasteiger partial charge < -0.3 is 24.1 Å². The first-order valence-corrected chi connectivity index (χ1v) is 7.92. The molecule has 1 rings (SSSR count). The van der Waals surface area contributed by atoms with Gasteiger partial charge in [-0.15, -0.1) is 0 Å². The summed E-state index contributed by atoms with van der Waals surface area (Å²) in [5, 5.41) is 8.51. The van der Waals surface area contributed by atoms with Crippen molar-refractivity contribution in [3.05, 3.63) is 29.8 Å². The maximum Gasteiger partial charge on any atom is 0.119 e. The predicted octanol–water partition coefficient (Wildman–Crippen LogP) is 2.06. The lowest BCUT2D eigenvalue weighted by Gasteiger charge is -2.08. The monoisotopic (exact) mass is 312 g/mol. The molecule has 0 fully saturated rings. The third-order valence-electron chi connectivity index (χ3n) is 2.94. The molecular weight excluding hydrogens is 284 g/mol. The molecule has 5 heteroatoms. The van der Waals surface area contributed by atoms with Crippen LogP contribution in [0.5, 0.6) is 5.75 Å². The number of aryl methyl sites for hydroxylation is 1. The molecule has 0 saturated carbocycles. The average Bonchev–Trinajstić information content (AvgIpc) is 2.54. The van der Waals surface area contributed by atoms with E-state index in [1.807, 2.05) is 12.1 Å². The van der Waals surface area contributed by atoms with E-state index in [-0.39, 0.29) is 6.61 Å². The summed E-state index contributed by atoms with van der Waals surface area (Å²) < 4.78 is 21.4. The number of aliphatic hydroxyl groups excluding tert-OH is 1. The summed E-state index contributed by atoms with van der Waals surface area (Å²) >= 11 is 0. The van der Waals surface area contributed by atoms with Crippen LogP contribution < -0.4 is 4.74 Å². The first kappa shape index (κ1) is 18.9. The molecule has 22 heavy (non-hydrogen) atoms. The molecule has 0 spiro atoms. The van der Waals surface area contributed by atoms with Crippen molar-refractivity contribution in [2.75, 3.05) is 52.9 Å². The van der Waals surface area contributed by atoms with Gasteiger partial charge in [0.2, 0.25) is 0 Å². The summed E-state index contributed by atoms with van der Waals surface area (Å²) in [6.45, 7) is 5.75. The highest BCUT2D eigenvalue weighted by atomic mass is 16.6. The van der Waals surface area contributed by atoms with Crippen LogP contribution in [0.2, 0.25) is 0 Å². The zero-order chi connectivity index (χ0) is 15.9. The minimum absolute atomic E-state index is 0.0461. The Morgan fingerprint density at radius 3 is 1.86 bits per heavy atom. The molecule has 5 nitrogen and oxygen atoms in total.